The second kappa shape index (κ2) is 6.65. The third-order valence-corrected chi connectivity index (χ3v) is 3.98. The molecule has 0 aliphatic heterocycles. The summed E-state index contributed by atoms with van der Waals surface area (Å²) in [7, 11) is 0. The van der Waals surface area contributed by atoms with Gasteiger partial charge in [0.15, 0.2) is 0 Å². The van der Waals surface area contributed by atoms with Crippen molar-refractivity contribution < 1.29 is 4.39 Å². The van der Waals surface area contributed by atoms with Crippen molar-refractivity contribution >= 4 is 16.7 Å². The smallest absolute Gasteiger partial charge is 0.148 e. The Morgan fingerprint density at radius 2 is 1.68 bits per heavy atom. The predicted molar refractivity (Wildman–Crippen MR) is 96.5 cm³/mol. The van der Waals surface area contributed by atoms with Crippen molar-refractivity contribution in [1.29, 1.82) is 0 Å². The quantitative estimate of drug-likeness (QED) is 0.601. The Bertz CT molecular complexity index is 993. The van der Waals surface area contributed by atoms with Crippen LogP contribution in [0.3, 0.4) is 0 Å². The second-order valence-corrected chi connectivity index (χ2v) is 5.66. The van der Waals surface area contributed by atoms with Crippen molar-refractivity contribution in [3.8, 4) is 11.3 Å². The van der Waals surface area contributed by atoms with Gasteiger partial charge in [-0.2, -0.15) is 0 Å². The van der Waals surface area contributed by atoms with Gasteiger partial charge in [0.2, 0.25) is 0 Å². The fraction of sp³-hybridized carbons (Fsp3) is 0.0500. The summed E-state index contributed by atoms with van der Waals surface area (Å²) in [6.45, 7) is 0.610. The number of hydrogen-bond donors (Lipinski definition) is 1. The zero-order valence-electron chi connectivity index (χ0n) is 13.4. The maximum absolute atomic E-state index is 13.0. The molecule has 2 heterocycles. The fourth-order valence-electron chi connectivity index (χ4n) is 2.70. The highest BCUT2D eigenvalue weighted by Gasteiger charge is 2.04. The molecule has 4 nitrogen and oxygen atoms in total. The average molecular weight is 330 g/mol. The van der Waals surface area contributed by atoms with Gasteiger partial charge in [-0.25, -0.2) is 4.39 Å². The lowest BCUT2D eigenvalue weighted by atomic mass is 10.1. The summed E-state index contributed by atoms with van der Waals surface area (Å²) in [5.74, 6) is 0.414. The molecular weight excluding hydrogens is 315 g/mol. The molecule has 2 aromatic carbocycles. The second-order valence-electron chi connectivity index (χ2n) is 5.66. The van der Waals surface area contributed by atoms with E-state index >= 15 is 0 Å². The zero-order valence-corrected chi connectivity index (χ0v) is 13.4. The highest BCUT2D eigenvalue weighted by Crippen LogP contribution is 2.19. The molecule has 25 heavy (non-hydrogen) atoms. The number of fused-ring (bicyclic) bond motifs is 1. The third-order valence-electron chi connectivity index (χ3n) is 3.98. The van der Waals surface area contributed by atoms with E-state index in [4.69, 9.17) is 0 Å². The molecule has 4 aromatic rings. The van der Waals surface area contributed by atoms with Crippen LogP contribution in [-0.4, -0.2) is 15.2 Å². The molecule has 0 bridgehead atoms. The van der Waals surface area contributed by atoms with E-state index in [9.17, 15) is 4.39 Å². The lowest BCUT2D eigenvalue weighted by molar-refractivity contribution is 0.628. The van der Waals surface area contributed by atoms with Gasteiger partial charge < -0.3 is 5.32 Å². The molecule has 0 radical (unpaired) electrons. The number of hydrogen-bond acceptors (Lipinski definition) is 4. The number of para-hydroxylation sites is 1. The van der Waals surface area contributed by atoms with Crippen LogP contribution in [0, 0.1) is 5.82 Å². The summed E-state index contributed by atoms with van der Waals surface area (Å²) in [5, 5.41) is 12.8. The van der Waals surface area contributed by atoms with Crippen LogP contribution >= 0.6 is 0 Å². The summed E-state index contributed by atoms with van der Waals surface area (Å²) in [6.07, 6.45) is 1.79. The standard InChI is InChI=1S/C20H15FN4/c21-17-8-6-14(7-9-17)18-10-11-19(25-24-18)23-13-16-4-1-3-15-5-2-12-22-20(15)16/h1-12H,13H2,(H,23,25). The molecule has 0 fully saturated rings. The van der Waals surface area contributed by atoms with Crippen molar-refractivity contribution in [1.82, 2.24) is 15.2 Å². The number of nitrogens with zero attached hydrogens (tertiary/aromatic N) is 3. The van der Waals surface area contributed by atoms with Gasteiger partial charge in [0.1, 0.15) is 11.6 Å². The minimum atomic E-state index is -0.265. The van der Waals surface area contributed by atoms with E-state index < -0.39 is 0 Å². The van der Waals surface area contributed by atoms with E-state index in [0.29, 0.717) is 18.1 Å². The number of pyridine rings is 1. The fourth-order valence-corrected chi connectivity index (χ4v) is 2.70. The minimum absolute atomic E-state index is 0.265. The van der Waals surface area contributed by atoms with Gasteiger partial charge in [0, 0.05) is 23.7 Å². The van der Waals surface area contributed by atoms with Gasteiger partial charge in [0.25, 0.3) is 0 Å². The normalized spacial score (nSPS) is 10.8. The van der Waals surface area contributed by atoms with Crippen LogP contribution in [0.5, 0.6) is 0 Å². The van der Waals surface area contributed by atoms with Crippen molar-refractivity contribution in [3.05, 3.63) is 84.3 Å². The molecule has 0 saturated heterocycles. The van der Waals surface area contributed by atoms with E-state index in [1.165, 1.54) is 12.1 Å². The number of nitrogens with one attached hydrogen (secondary N) is 1. The Hall–Kier alpha value is -3.34. The number of benzene rings is 2. The van der Waals surface area contributed by atoms with Gasteiger partial charge in [-0.05, 0) is 48.0 Å². The van der Waals surface area contributed by atoms with Gasteiger partial charge in [-0.3, -0.25) is 4.98 Å². The van der Waals surface area contributed by atoms with Crippen molar-refractivity contribution in [2.75, 3.05) is 5.32 Å². The maximum Gasteiger partial charge on any atom is 0.148 e. The number of rotatable bonds is 4. The van der Waals surface area contributed by atoms with Crippen LogP contribution < -0.4 is 5.32 Å². The lowest BCUT2D eigenvalue weighted by Crippen LogP contribution is -2.03. The molecule has 122 valence electrons. The van der Waals surface area contributed by atoms with E-state index in [1.807, 2.05) is 42.5 Å². The Balaban J connectivity index is 1.50. The molecule has 1 N–H and O–H groups in total. The van der Waals surface area contributed by atoms with Crippen LogP contribution in [0.25, 0.3) is 22.2 Å². The Morgan fingerprint density at radius 3 is 2.48 bits per heavy atom. The monoisotopic (exact) mass is 330 g/mol. The highest BCUT2D eigenvalue weighted by molar-refractivity contribution is 5.81. The first kappa shape index (κ1) is 15.2. The van der Waals surface area contributed by atoms with Crippen LogP contribution in [0.4, 0.5) is 10.2 Å². The first-order valence-corrected chi connectivity index (χ1v) is 7.96. The highest BCUT2D eigenvalue weighted by atomic mass is 19.1. The minimum Gasteiger partial charge on any atom is -0.364 e. The van der Waals surface area contributed by atoms with E-state index in [1.54, 1.807) is 18.3 Å². The van der Waals surface area contributed by atoms with Crippen molar-refractivity contribution in [2.24, 2.45) is 0 Å². The maximum atomic E-state index is 13.0. The van der Waals surface area contributed by atoms with E-state index in [2.05, 4.69) is 20.5 Å². The molecule has 0 saturated carbocycles. The summed E-state index contributed by atoms with van der Waals surface area (Å²) < 4.78 is 13.0. The molecule has 0 spiro atoms. The topological polar surface area (TPSA) is 50.7 Å². The van der Waals surface area contributed by atoms with Gasteiger partial charge in [-0.15, -0.1) is 10.2 Å². The van der Waals surface area contributed by atoms with Crippen molar-refractivity contribution in [2.45, 2.75) is 6.54 Å². The van der Waals surface area contributed by atoms with Gasteiger partial charge in [-0.1, -0.05) is 24.3 Å². The Morgan fingerprint density at radius 1 is 0.840 bits per heavy atom. The van der Waals surface area contributed by atoms with Crippen LogP contribution in [0.1, 0.15) is 5.56 Å². The first-order valence-electron chi connectivity index (χ1n) is 7.96. The molecule has 5 heteroatoms. The molecule has 0 atom stereocenters. The lowest BCUT2D eigenvalue weighted by Gasteiger charge is -2.08. The predicted octanol–water partition coefficient (Wildman–Crippen LogP) is 4.44. The summed E-state index contributed by atoms with van der Waals surface area (Å²) in [6, 6.07) is 20.0. The number of halogens is 1. The first-order chi connectivity index (χ1) is 12.3. The largest absolute Gasteiger partial charge is 0.364 e. The van der Waals surface area contributed by atoms with Gasteiger partial charge in [0.05, 0.1) is 11.2 Å². The zero-order chi connectivity index (χ0) is 17.1. The molecule has 0 unspecified atom stereocenters. The molecule has 0 aliphatic carbocycles. The molecule has 2 aromatic heterocycles. The molecule has 0 aliphatic rings. The van der Waals surface area contributed by atoms with Crippen LogP contribution in [0.2, 0.25) is 0 Å². The molecular formula is C20H15FN4. The van der Waals surface area contributed by atoms with E-state index in [-0.39, 0.29) is 5.82 Å². The Labute approximate surface area is 144 Å². The summed E-state index contributed by atoms with van der Waals surface area (Å²) in [5.41, 5.74) is 3.62. The summed E-state index contributed by atoms with van der Waals surface area (Å²) >= 11 is 0. The van der Waals surface area contributed by atoms with Crippen LogP contribution in [0.15, 0.2) is 72.9 Å². The van der Waals surface area contributed by atoms with Crippen LogP contribution in [-0.2, 0) is 6.54 Å². The van der Waals surface area contributed by atoms with Gasteiger partial charge >= 0.3 is 0 Å². The summed E-state index contributed by atoms with van der Waals surface area (Å²) in [4.78, 5) is 4.45. The number of aromatic nitrogens is 3. The third kappa shape index (κ3) is 3.30. The average Bonchev–Trinajstić information content (AvgIpc) is 2.67. The number of anilines is 1. The molecule has 0 amide bonds. The van der Waals surface area contributed by atoms with E-state index in [0.717, 1.165) is 22.0 Å². The SMILES string of the molecule is Fc1ccc(-c2ccc(NCc3cccc4cccnc34)nn2)cc1. The van der Waals surface area contributed by atoms with Crippen molar-refractivity contribution in [3.63, 3.8) is 0 Å². The molecule has 4 rings (SSSR count). The Kier molecular flexibility index (Phi) is 4.04.